The van der Waals surface area contributed by atoms with E-state index in [1.54, 1.807) is 0 Å². The Morgan fingerprint density at radius 1 is 0.176 bits per heavy atom. The van der Waals surface area contributed by atoms with Gasteiger partial charge in [0.25, 0.3) is 0 Å². The Morgan fingerprint density at radius 2 is 0.441 bits per heavy atom. The number of fused-ring (bicyclic) bond motifs is 14. The minimum absolute atomic E-state index is 0.811. The maximum atomic E-state index is 6.85. The summed E-state index contributed by atoms with van der Waals surface area (Å²) in [6.45, 7) is 4.33. The van der Waals surface area contributed by atoms with E-state index in [1.807, 2.05) is 12.1 Å². The van der Waals surface area contributed by atoms with Gasteiger partial charge in [-0.2, -0.15) is 0 Å². The molecule has 8 heteroatoms. The summed E-state index contributed by atoms with van der Waals surface area (Å²) < 4.78 is 27.1. The fraction of sp³-hybridized carbons (Fsp3) is 0.0213. The number of rotatable bonds is 13. The normalized spacial score (nSPS) is 11.8. The maximum absolute atomic E-state index is 6.85. The minimum Gasteiger partial charge on any atom is -0.456 e. The van der Waals surface area contributed by atoms with Crippen LogP contribution in [0.2, 0.25) is 0 Å². The number of nitrogens with zero attached hydrogens (tertiary/aromatic N) is 4. The van der Waals surface area contributed by atoms with Gasteiger partial charge in [0.15, 0.2) is 0 Å². The highest BCUT2D eigenvalue weighted by atomic mass is 16.3. The molecule has 8 nitrogen and oxygen atoms in total. The van der Waals surface area contributed by atoms with Crippen molar-refractivity contribution in [2.45, 2.75) is 13.8 Å². The number of para-hydroxylation sites is 6. The Labute approximate surface area is 587 Å². The first-order valence-electron chi connectivity index (χ1n) is 34.6. The summed E-state index contributed by atoms with van der Waals surface area (Å²) in [6.07, 6.45) is 0. The van der Waals surface area contributed by atoms with Crippen LogP contribution < -0.4 is 19.6 Å². The van der Waals surface area contributed by atoms with Crippen molar-refractivity contribution in [3.63, 3.8) is 0 Å². The highest BCUT2D eigenvalue weighted by Gasteiger charge is 2.24. The third-order valence-corrected chi connectivity index (χ3v) is 20.3. The summed E-state index contributed by atoms with van der Waals surface area (Å²) in [5.41, 5.74) is 23.7. The van der Waals surface area contributed by atoms with Gasteiger partial charge in [0, 0.05) is 136 Å². The van der Waals surface area contributed by atoms with Crippen molar-refractivity contribution >= 4 is 178 Å². The first-order chi connectivity index (χ1) is 50.3. The van der Waals surface area contributed by atoms with E-state index in [-0.39, 0.29) is 0 Å². The second-order valence-corrected chi connectivity index (χ2v) is 26.6. The van der Waals surface area contributed by atoms with Gasteiger partial charge in [-0.3, -0.25) is 0 Å². The molecule has 0 fully saturated rings. The quantitative estimate of drug-likeness (QED) is 0.113. The highest BCUT2D eigenvalue weighted by molar-refractivity contribution is 6.18. The lowest BCUT2D eigenvalue weighted by Crippen LogP contribution is -2.11. The van der Waals surface area contributed by atoms with Crippen LogP contribution >= 0.6 is 0 Å². The zero-order valence-electron chi connectivity index (χ0n) is 55.8. The van der Waals surface area contributed by atoms with Gasteiger partial charge in [0.05, 0.1) is 0 Å². The van der Waals surface area contributed by atoms with Crippen LogP contribution in [0.1, 0.15) is 11.1 Å². The maximum Gasteiger partial charge on any atom is 0.137 e. The standard InChI is InChI=1S/C94H62N4O4/c1-59-20-15-17-32-85(59)97(70-29-13-6-14-30-70)75-40-44-79-83-49-64-50-84-80-45-41-76(58-94(80)102-90(84)54-66(64)53-89(83)101-93(79)57-75)98(86-33-18-16-21-60(86)2)71-36-34-61(35-37-71)62-22-19-31-72(46-62)96(69-27-11-5-12-28-69)74-39-43-78-82-48-63-47-81-77-42-38-73(95(67-23-7-3-8-24-67)68-25-9-4-10-26-68)55-91(77)99-87(81)51-65(63)52-88(82)100-92(78)56-74/h3-58H,1-2H3. The number of aryl methyl sites for hydroxylation is 2. The molecular weight excluding hydrogens is 1250 g/mol. The number of benzene rings is 16. The molecule has 0 spiro atoms. The summed E-state index contributed by atoms with van der Waals surface area (Å²) in [5.74, 6) is 0. The summed E-state index contributed by atoms with van der Waals surface area (Å²) in [6, 6.07) is 121. The molecule has 0 saturated carbocycles. The third kappa shape index (κ3) is 9.90. The Morgan fingerprint density at radius 3 is 0.804 bits per heavy atom. The first kappa shape index (κ1) is 58.6. The topological polar surface area (TPSA) is 65.5 Å². The van der Waals surface area contributed by atoms with Gasteiger partial charge in [-0.1, -0.05) is 133 Å². The highest BCUT2D eigenvalue weighted by Crippen LogP contribution is 2.47. The van der Waals surface area contributed by atoms with Crippen LogP contribution in [0.15, 0.2) is 357 Å². The van der Waals surface area contributed by atoms with Crippen LogP contribution in [-0.4, -0.2) is 0 Å². The molecule has 0 N–H and O–H groups in total. The van der Waals surface area contributed by atoms with Crippen molar-refractivity contribution in [3.05, 3.63) is 351 Å². The molecule has 0 unspecified atom stereocenters. The molecule has 0 radical (unpaired) electrons. The predicted octanol–water partition coefficient (Wildman–Crippen LogP) is 27.8. The lowest BCUT2D eigenvalue weighted by atomic mass is 10.0. The molecule has 0 aliphatic carbocycles. The molecular formula is C94H62N4O4. The molecule has 0 aliphatic rings. The summed E-state index contributed by atoms with van der Waals surface area (Å²) in [7, 11) is 0. The van der Waals surface area contributed by atoms with Gasteiger partial charge in [-0.25, -0.2) is 0 Å². The molecule has 482 valence electrons. The molecule has 20 aromatic rings. The minimum atomic E-state index is 0.811. The Hall–Kier alpha value is -13.6. The summed E-state index contributed by atoms with van der Waals surface area (Å²) in [4.78, 5) is 9.20. The van der Waals surface area contributed by atoms with Crippen molar-refractivity contribution in [3.8, 4) is 11.1 Å². The molecule has 102 heavy (non-hydrogen) atoms. The van der Waals surface area contributed by atoms with Crippen LogP contribution in [0.5, 0.6) is 0 Å². The van der Waals surface area contributed by atoms with Gasteiger partial charge in [0.2, 0.25) is 0 Å². The Balaban J connectivity index is 0.604. The van der Waals surface area contributed by atoms with E-state index >= 15 is 0 Å². The van der Waals surface area contributed by atoms with Gasteiger partial charge in [0.1, 0.15) is 44.7 Å². The van der Waals surface area contributed by atoms with Crippen molar-refractivity contribution < 1.29 is 17.7 Å². The van der Waals surface area contributed by atoms with E-state index in [0.29, 0.717) is 0 Å². The van der Waals surface area contributed by atoms with Gasteiger partial charge in [-0.05, 0) is 240 Å². The number of hydrogen-bond acceptors (Lipinski definition) is 8. The van der Waals surface area contributed by atoms with Gasteiger partial charge in [-0.15, -0.1) is 0 Å². The number of anilines is 12. The lowest BCUT2D eigenvalue weighted by molar-refractivity contribution is 0.668. The SMILES string of the molecule is Cc1ccccc1N(c1ccccc1)c1ccc2c(c1)oc1cc3cc4oc5cc(N(c6ccc(-c7cccc(N(c8ccccc8)c8ccc9c(c8)oc8cc%10cc%11oc%12cc(N(c%13ccccc%13)c%13ccccc%13)ccc%12c%11cc%10cc89)c7)cc6)c6ccccc6C)ccc5c4cc3cc12. The van der Waals surface area contributed by atoms with E-state index in [4.69, 9.17) is 17.7 Å². The largest absolute Gasteiger partial charge is 0.456 e. The van der Waals surface area contributed by atoms with Crippen molar-refractivity contribution in [1.29, 1.82) is 0 Å². The number of hydrogen-bond donors (Lipinski definition) is 0. The van der Waals surface area contributed by atoms with Crippen molar-refractivity contribution in [2.24, 2.45) is 0 Å². The first-order valence-corrected chi connectivity index (χ1v) is 34.6. The van der Waals surface area contributed by atoms with Crippen LogP contribution in [0.3, 0.4) is 0 Å². The second kappa shape index (κ2) is 23.6. The molecule has 0 amide bonds. The van der Waals surface area contributed by atoms with E-state index in [2.05, 4.69) is 361 Å². The monoisotopic (exact) mass is 1310 g/mol. The van der Waals surface area contributed by atoms with Crippen LogP contribution in [0.4, 0.5) is 68.2 Å². The molecule has 20 rings (SSSR count). The fourth-order valence-corrected chi connectivity index (χ4v) is 15.4. The van der Waals surface area contributed by atoms with Gasteiger partial charge >= 0.3 is 0 Å². The van der Waals surface area contributed by atoms with Crippen molar-refractivity contribution in [2.75, 3.05) is 19.6 Å². The number of furan rings is 4. The van der Waals surface area contributed by atoms with Gasteiger partial charge < -0.3 is 37.3 Å². The van der Waals surface area contributed by atoms with E-state index < -0.39 is 0 Å². The molecule has 0 bridgehead atoms. The molecule has 4 heterocycles. The zero-order chi connectivity index (χ0) is 67.5. The third-order valence-electron chi connectivity index (χ3n) is 20.3. The van der Waals surface area contributed by atoms with E-state index in [1.165, 1.54) is 5.56 Å². The van der Waals surface area contributed by atoms with Crippen molar-refractivity contribution in [1.82, 2.24) is 0 Å². The summed E-state index contributed by atoms with van der Waals surface area (Å²) >= 11 is 0. The second-order valence-electron chi connectivity index (χ2n) is 26.6. The Kier molecular flexibility index (Phi) is 13.5. The Bertz CT molecular complexity index is 6640. The summed E-state index contributed by atoms with van der Waals surface area (Å²) in [5, 5.41) is 12.9. The fourth-order valence-electron chi connectivity index (χ4n) is 15.4. The molecule has 0 atom stereocenters. The smallest absolute Gasteiger partial charge is 0.137 e. The van der Waals surface area contributed by atoms with E-state index in [0.717, 1.165) is 194 Å². The average Bonchev–Trinajstić information content (AvgIpc) is 1.58. The van der Waals surface area contributed by atoms with E-state index in [9.17, 15) is 0 Å². The zero-order valence-corrected chi connectivity index (χ0v) is 55.8. The van der Waals surface area contributed by atoms with Crippen LogP contribution in [0.25, 0.3) is 120 Å². The molecule has 16 aromatic carbocycles. The van der Waals surface area contributed by atoms with Crippen LogP contribution in [0, 0.1) is 13.8 Å². The lowest BCUT2D eigenvalue weighted by Gasteiger charge is -2.27. The molecule has 0 saturated heterocycles. The average molecular weight is 1310 g/mol. The predicted molar refractivity (Wildman–Crippen MR) is 424 cm³/mol. The molecule has 0 aliphatic heterocycles. The molecule has 4 aromatic heterocycles. The van der Waals surface area contributed by atoms with Crippen LogP contribution in [-0.2, 0) is 0 Å².